The van der Waals surface area contributed by atoms with Crippen LogP contribution in [0.4, 0.5) is 17.1 Å². The highest BCUT2D eigenvalue weighted by atomic mass is 16.6. The first kappa shape index (κ1) is 15.6. The Morgan fingerprint density at radius 3 is 2.00 bits per heavy atom. The molecule has 24 heavy (non-hydrogen) atoms. The number of anilines is 2. The van der Waals surface area contributed by atoms with E-state index in [4.69, 9.17) is 11.5 Å². The molecule has 1 atom stereocenters. The summed E-state index contributed by atoms with van der Waals surface area (Å²) in [5.41, 5.74) is 15.1. The molecule has 0 aliphatic rings. The highest BCUT2D eigenvalue weighted by Crippen LogP contribution is 2.35. The molecule has 3 rings (SSSR count). The van der Waals surface area contributed by atoms with Crippen molar-refractivity contribution in [2.24, 2.45) is 0 Å². The van der Waals surface area contributed by atoms with Gasteiger partial charge in [-0.05, 0) is 34.9 Å². The van der Waals surface area contributed by atoms with Gasteiger partial charge in [0.1, 0.15) is 5.69 Å². The Hall–Kier alpha value is -3.34. The maximum absolute atomic E-state index is 11.2. The second-order valence-electron chi connectivity index (χ2n) is 5.59. The van der Waals surface area contributed by atoms with E-state index >= 15 is 0 Å². The number of hydrogen-bond acceptors (Lipinski definition) is 4. The molecule has 0 amide bonds. The van der Waals surface area contributed by atoms with Crippen LogP contribution in [0.5, 0.6) is 0 Å². The molecule has 3 aromatic rings. The molecule has 0 bridgehead atoms. The van der Waals surface area contributed by atoms with Crippen LogP contribution in [-0.2, 0) is 0 Å². The number of hydrogen-bond donors (Lipinski definition) is 2. The van der Waals surface area contributed by atoms with Crippen LogP contribution in [0.15, 0.2) is 72.8 Å². The molecule has 0 aliphatic heterocycles. The van der Waals surface area contributed by atoms with Crippen molar-refractivity contribution < 1.29 is 4.92 Å². The zero-order valence-corrected chi connectivity index (χ0v) is 12.9. The minimum Gasteiger partial charge on any atom is -0.399 e. The van der Waals surface area contributed by atoms with Crippen LogP contribution in [-0.4, -0.2) is 4.92 Å². The fourth-order valence-electron chi connectivity index (χ4n) is 2.81. The van der Waals surface area contributed by atoms with Crippen molar-refractivity contribution in [3.63, 3.8) is 0 Å². The Morgan fingerprint density at radius 1 is 0.792 bits per heavy atom. The van der Waals surface area contributed by atoms with Gasteiger partial charge in [0.25, 0.3) is 5.69 Å². The summed E-state index contributed by atoms with van der Waals surface area (Å²) in [6, 6.07) is 22.3. The van der Waals surface area contributed by atoms with E-state index in [1.54, 1.807) is 12.1 Å². The van der Waals surface area contributed by atoms with Crippen LogP contribution in [0.2, 0.25) is 0 Å². The summed E-state index contributed by atoms with van der Waals surface area (Å²) in [5.74, 6) is -0.133. The molecule has 4 N–H and O–H groups in total. The first-order valence-corrected chi connectivity index (χ1v) is 7.50. The van der Waals surface area contributed by atoms with E-state index < -0.39 is 4.92 Å². The lowest BCUT2D eigenvalue weighted by atomic mass is 9.85. The molecule has 0 heterocycles. The Balaban J connectivity index is 2.17. The van der Waals surface area contributed by atoms with Crippen molar-refractivity contribution in [2.75, 3.05) is 11.5 Å². The molecule has 0 radical (unpaired) electrons. The van der Waals surface area contributed by atoms with E-state index in [0.717, 1.165) is 16.7 Å². The maximum Gasteiger partial charge on any atom is 0.292 e. The summed E-state index contributed by atoms with van der Waals surface area (Å²) in [6.45, 7) is 0. The van der Waals surface area contributed by atoms with Gasteiger partial charge in [0.05, 0.1) is 4.92 Å². The number of nitro groups is 1. The van der Waals surface area contributed by atoms with E-state index in [1.807, 2.05) is 60.7 Å². The monoisotopic (exact) mass is 319 g/mol. The number of nitro benzene ring substituents is 1. The number of nitrogens with zero attached hydrogens (tertiary/aromatic N) is 1. The van der Waals surface area contributed by atoms with Crippen LogP contribution in [0.3, 0.4) is 0 Å². The quantitative estimate of drug-likeness (QED) is 0.329. The normalized spacial score (nSPS) is 11.8. The predicted molar refractivity (Wildman–Crippen MR) is 95.8 cm³/mol. The van der Waals surface area contributed by atoms with Crippen LogP contribution in [0.25, 0.3) is 0 Å². The molecule has 120 valence electrons. The maximum atomic E-state index is 11.2. The van der Waals surface area contributed by atoms with E-state index in [0.29, 0.717) is 5.69 Å². The van der Waals surface area contributed by atoms with Crippen molar-refractivity contribution in [2.45, 2.75) is 5.92 Å². The van der Waals surface area contributed by atoms with Gasteiger partial charge in [-0.2, -0.15) is 0 Å². The average Bonchev–Trinajstić information content (AvgIpc) is 2.59. The topological polar surface area (TPSA) is 95.2 Å². The minimum atomic E-state index is -0.454. The molecular formula is C19H17N3O2. The van der Waals surface area contributed by atoms with Gasteiger partial charge in [0.2, 0.25) is 0 Å². The summed E-state index contributed by atoms with van der Waals surface area (Å²) in [4.78, 5) is 10.8. The van der Waals surface area contributed by atoms with E-state index in [-0.39, 0.29) is 17.3 Å². The molecule has 3 aromatic carbocycles. The number of rotatable bonds is 4. The van der Waals surface area contributed by atoms with Gasteiger partial charge in [-0.1, -0.05) is 48.5 Å². The summed E-state index contributed by atoms with van der Waals surface area (Å²) in [5, 5.41) is 11.2. The summed E-state index contributed by atoms with van der Waals surface area (Å²) in [7, 11) is 0. The fraction of sp³-hybridized carbons (Fsp3) is 0.0526. The molecule has 0 spiro atoms. The summed E-state index contributed by atoms with van der Waals surface area (Å²) >= 11 is 0. The zero-order chi connectivity index (χ0) is 17.1. The lowest BCUT2D eigenvalue weighted by Crippen LogP contribution is -2.05. The fourth-order valence-corrected chi connectivity index (χ4v) is 2.81. The third kappa shape index (κ3) is 3.05. The third-order valence-corrected chi connectivity index (χ3v) is 3.99. The van der Waals surface area contributed by atoms with Crippen molar-refractivity contribution in [1.29, 1.82) is 0 Å². The average molecular weight is 319 g/mol. The third-order valence-electron chi connectivity index (χ3n) is 3.99. The second kappa shape index (κ2) is 6.42. The lowest BCUT2D eigenvalue weighted by Gasteiger charge is -2.19. The Morgan fingerprint density at radius 2 is 1.38 bits per heavy atom. The van der Waals surface area contributed by atoms with Gasteiger partial charge in [-0.3, -0.25) is 10.1 Å². The van der Waals surface area contributed by atoms with Crippen LogP contribution in [0.1, 0.15) is 22.6 Å². The van der Waals surface area contributed by atoms with Crippen molar-refractivity contribution in [3.05, 3.63) is 99.6 Å². The van der Waals surface area contributed by atoms with E-state index in [2.05, 4.69) is 0 Å². The van der Waals surface area contributed by atoms with Crippen LogP contribution >= 0.6 is 0 Å². The molecular weight excluding hydrogens is 302 g/mol. The smallest absolute Gasteiger partial charge is 0.292 e. The molecule has 5 nitrogen and oxygen atoms in total. The van der Waals surface area contributed by atoms with Gasteiger partial charge >= 0.3 is 0 Å². The van der Waals surface area contributed by atoms with E-state index in [9.17, 15) is 10.1 Å². The van der Waals surface area contributed by atoms with Gasteiger partial charge in [-0.15, -0.1) is 0 Å². The van der Waals surface area contributed by atoms with E-state index in [1.165, 1.54) is 0 Å². The molecule has 0 saturated heterocycles. The van der Waals surface area contributed by atoms with Gasteiger partial charge < -0.3 is 11.5 Å². The molecule has 1 unspecified atom stereocenters. The van der Waals surface area contributed by atoms with Crippen molar-refractivity contribution >= 4 is 17.1 Å². The summed E-state index contributed by atoms with van der Waals surface area (Å²) < 4.78 is 0. The Labute approximate surface area is 139 Å². The predicted octanol–water partition coefficient (Wildman–Crippen LogP) is 3.94. The van der Waals surface area contributed by atoms with Crippen molar-refractivity contribution in [3.8, 4) is 0 Å². The molecule has 0 aromatic heterocycles. The van der Waals surface area contributed by atoms with Gasteiger partial charge in [-0.25, -0.2) is 0 Å². The Kier molecular flexibility index (Phi) is 4.16. The number of nitrogen functional groups attached to an aromatic ring is 2. The number of nitrogens with two attached hydrogens (primary N) is 2. The Bertz CT molecular complexity index is 862. The first-order chi connectivity index (χ1) is 11.6. The second-order valence-corrected chi connectivity index (χ2v) is 5.59. The number of benzene rings is 3. The van der Waals surface area contributed by atoms with Crippen molar-refractivity contribution in [1.82, 2.24) is 0 Å². The summed E-state index contributed by atoms with van der Waals surface area (Å²) in [6.07, 6.45) is 0. The first-order valence-electron chi connectivity index (χ1n) is 7.50. The minimum absolute atomic E-state index is 0.0797. The SMILES string of the molecule is Nc1ccc(C(c2ccccc2)c2ccc(N)c([N+](=O)[O-])c2)cc1. The van der Waals surface area contributed by atoms with Gasteiger partial charge in [0, 0.05) is 17.7 Å². The van der Waals surface area contributed by atoms with Crippen LogP contribution < -0.4 is 11.5 Å². The molecule has 5 heteroatoms. The lowest BCUT2D eigenvalue weighted by molar-refractivity contribution is -0.384. The largest absolute Gasteiger partial charge is 0.399 e. The van der Waals surface area contributed by atoms with Crippen LogP contribution in [0, 0.1) is 10.1 Å². The highest BCUT2D eigenvalue weighted by Gasteiger charge is 2.20. The standard InChI is InChI=1S/C19H17N3O2/c20-16-9-6-14(7-10-16)19(13-4-2-1-3-5-13)15-8-11-17(21)18(12-15)22(23)24/h1-12,19H,20-21H2. The van der Waals surface area contributed by atoms with Gasteiger partial charge in [0.15, 0.2) is 0 Å². The zero-order valence-electron chi connectivity index (χ0n) is 12.9. The molecule has 0 fully saturated rings. The molecule has 0 aliphatic carbocycles. The molecule has 0 saturated carbocycles. The highest BCUT2D eigenvalue weighted by molar-refractivity contribution is 5.61.